The lowest BCUT2D eigenvalue weighted by atomic mass is 10.3. The number of hydrogen-bond acceptors (Lipinski definition) is 4. The first-order valence-electron chi connectivity index (χ1n) is 7.29. The zero-order valence-electron chi connectivity index (χ0n) is 13.0. The highest BCUT2D eigenvalue weighted by molar-refractivity contribution is 9.10. The molecule has 0 saturated heterocycles. The standard InChI is InChI=1S/C18H17BrN4/c1-13-12-17(23(2)14-8-4-3-5-9-14)22-18(20-13)21-16-11-7-6-10-15(16)19/h3-12H,1-2H3,(H,20,21,22). The van der Waals surface area contributed by atoms with Gasteiger partial charge in [-0.3, -0.25) is 0 Å². The summed E-state index contributed by atoms with van der Waals surface area (Å²) < 4.78 is 0.975. The predicted molar refractivity (Wildman–Crippen MR) is 98.7 cm³/mol. The summed E-state index contributed by atoms with van der Waals surface area (Å²) in [5.41, 5.74) is 2.93. The van der Waals surface area contributed by atoms with Gasteiger partial charge in [0.25, 0.3) is 0 Å². The molecule has 0 aliphatic heterocycles. The van der Waals surface area contributed by atoms with Gasteiger partial charge in [0.15, 0.2) is 0 Å². The summed E-state index contributed by atoms with van der Waals surface area (Å²) in [4.78, 5) is 11.1. The highest BCUT2D eigenvalue weighted by Crippen LogP contribution is 2.26. The topological polar surface area (TPSA) is 41.1 Å². The molecule has 0 spiro atoms. The number of hydrogen-bond donors (Lipinski definition) is 1. The minimum atomic E-state index is 0.578. The first-order valence-corrected chi connectivity index (χ1v) is 8.09. The van der Waals surface area contributed by atoms with Crippen LogP contribution in [-0.2, 0) is 0 Å². The van der Waals surface area contributed by atoms with Gasteiger partial charge in [-0.05, 0) is 47.1 Å². The fourth-order valence-electron chi connectivity index (χ4n) is 2.25. The van der Waals surface area contributed by atoms with E-state index in [1.54, 1.807) is 0 Å². The molecule has 0 amide bonds. The van der Waals surface area contributed by atoms with Crippen molar-refractivity contribution < 1.29 is 0 Å². The smallest absolute Gasteiger partial charge is 0.229 e. The second-order valence-electron chi connectivity index (χ2n) is 5.19. The van der Waals surface area contributed by atoms with Crippen LogP contribution in [0.1, 0.15) is 5.69 Å². The van der Waals surface area contributed by atoms with Gasteiger partial charge in [-0.15, -0.1) is 0 Å². The summed E-state index contributed by atoms with van der Waals surface area (Å²) in [6.07, 6.45) is 0. The highest BCUT2D eigenvalue weighted by Gasteiger charge is 2.09. The van der Waals surface area contributed by atoms with Crippen LogP contribution in [0.25, 0.3) is 0 Å². The van der Waals surface area contributed by atoms with E-state index >= 15 is 0 Å². The molecule has 5 heteroatoms. The van der Waals surface area contributed by atoms with Crippen LogP contribution in [0.15, 0.2) is 65.1 Å². The van der Waals surface area contributed by atoms with Crippen molar-refractivity contribution >= 4 is 39.1 Å². The molecule has 0 radical (unpaired) electrons. The Morgan fingerprint density at radius 1 is 0.957 bits per heavy atom. The maximum absolute atomic E-state index is 4.63. The molecule has 0 aliphatic carbocycles. The molecule has 23 heavy (non-hydrogen) atoms. The van der Waals surface area contributed by atoms with Gasteiger partial charge >= 0.3 is 0 Å². The lowest BCUT2D eigenvalue weighted by molar-refractivity contribution is 1.05. The number of aromatic nitrogens is 2. The molecule has 2 aromatic carbocycles. The number of para-hydroxylation sites is 2. The van der Waals surface area contributed by atoms with Crippen molar-refractivity contribution in [2.24, 2.45) is 0 Å². The Morgan fingerprint density at radius 2 is 1.65 bits per heavy atom. The fourth-order valence-corrected chi connectivity index (χ4v) is 2.63. The van der Waals surface area contributed by atoms with E-state index in [1.807, 2.05) is 67.4 Å². The molecule has 0 unspecified atom stereocenters. The van der Waals surface area contributed by atoms with Crippen LogP contribution < -0.4 is 10.2 Å². The zero-order valence-corrected chi connectivity index (χ0v) is 14.6. The molecule has 1 N–H and O–H groups in total. The van der Waals surface area contributed by atoms with E-state index in [1.165, 1.54) is 0 Å². The average molecular weight is 369 g/mol. The molecule has 4 nitrogen and oxygen atoms in total. The Morgan fingerprint density at radius 3 is 2.39 bits per heavy atom. The summed E-state index contributed by atoms with van der Waals surface area (Å²) in [6, 6.07) is 20.0. The van der Waals surface area contributed by atoms with Gasteiger partial charge in [0.05, 0.1) is 5.69 Å². The first-order chi connectivity index (χ1) is 11.1. The van der Waals surface area contributed by atoms with Gasteiger partial charge in [0, 0.05) is 29.0 Å². The SMILES string of the molecule is Cc1cc(N(C)c2ccccc2)nc(Nc2ccccc2Br)n1. The first kappa shape index (κ1) is 15.5. The Kier molecular flexibility index (Phi) is 4.57. The summed E-state index contributed by atoms with van der Waals surface area (Å²) in [6.45, 7) is 1.97. The van der Waals surface area contributed by atoms with E-state index in [0.29, 0.717) is 5.95 Å². The summed E-state index contributed by atoms with van der Waals surface area (Å²) >= 11 is 3.53. The van der Waals surface area contributed by atoms with Crippen molar-refractivity contribution in [3.63, 3.8) is 0 Å². The third kappa shape index (κ3) is 3.68. The summed E-state index contributed by atoms with van der Waals surface area (Å²) in [5.74, 6) is 1.42. The third-order valence-corrected chi connectivity index (χ3v) is 4.14. The number of aryl methyl sites for hydroxylation is 1. The van der Waals surface area contributed by atoms with Crippen molar-refractivity contribution in [2.45, 2.75) is 6.92 Å². The third-order valence-electron chi connectivity index (χ3n) is 3.45. The normalized spacial score (nSPS) is 10.4. The van der Waals surface area contributed by atoms with Gasteiger partial charge in [-0.25, -0.2) is 4.98 Å². The summed E-state index contributed by atoms with van der Waals surface area (Å²) in [7, 11) is 2.00. The molecule has 3 aromatic rings. The molecule has 0 fully saturated rings. The van der Waals surface area contributed by atoms with E-state index in [0.717, 1.165) is 27.4 Å². The van der Waals surface area contributed by atoms with Crippen LogP contribution in [0.5, 0.6) is 0 Å². The van der Waals surface area contributed by atoms with E-state index < -0.39 is 0 Å². The van der Waals surface area contributed by atoms with E-state index in [-0.39, 0.29) is 0 Å². The van der Waals surface area contributed by atoms with Gasteiger partial charge in [-0.2, -0.15) is 4.98 Å². The zero-order chi connectivity index (χ0) is 16.2. The molecule has 0 atom stereocenters. The number of nitrogens with one attached hydrogen (secondary N) is 1. The second kappa shape index (κ2) is 6.79. The highest BCUT2D eigenvalue weighted by atomic mass is 79.9. The van der Waals surface area contributed by atoms with Crippen LogP contribution in [0.4, 0.5) is 23.1 Å². The molecule has 0 bridgehead atoms. The molecule has 3 rings (SSSR count). The van der Waals surface area contributed by atoms with E-state index in [9.17, 15) is 0 Å². The summed E-state index contributed by atoms with van der Waals surface area (Å²) in [5, 5.41) is 3.26. The largest absolute Gasteiger partial charge is 0.329 e. The Labute approximate surface area is 144 Å². The van der Waals surface area contributed by atoms with Crippen molar-refractivity contribution in [2.75, 3.05) is 17.3 Å². The predicted octanol–water partition coefficient (Wildman–Crippen LogP) is 5.06. The van der Waals surface area contributed by atoms with Crippen LogP contribution in [0.3, 0.4) is 0 Å². The number of halogens is 1. The monoisotopic (exact) mass is 368 g/mol. The number of anilines is 4. The molecule has 1 aromatic heterocycles. The van der Waals surface area contributed by atoms with E-state index in [4.69, 9.17) is 0 Å². The quantitative estimate of drug-likeness (QED) is 0.698. The fraction of sp³-hybridized carbons (Fsp3) is 0.111. The van der Waals surface area contributed by atoms with Gasteiger partial charge in [0.2, 0.25) is 5.95 Å². The maximum Gasteiger partial charge on any atom is 0.229 e. The lowest BCUT2D eigenvalue weighted by Gasteiger charge is -2.19. The minimum absolute atomic E-state index is 0.578. The van der Waals surface area contributed by atoms with Crippen molar-refractivity contribution in [3.05, 3.63) is 70.8 Å². The number of benzene rings is 2. The average Bonchev–Trinajstić information content (AvgIpc) is 2.56. The Balaban J connectivity index is 1.92. The van der Waals surface area contributed by atoms with Crippen LogP contribution >= 0.6 is 15.9 Å². The Bertz CT molecular complexity index is 805. The van der Waals surface area contributed by atoms with Gasteiger partial charge < -0.3 is 10.2 Å². The van der Waals surface area contributed by atoms with Gasteiger partial charge in [-0.1, -0.05) is 30.3 Å². The van der Waals surface area contributed by atoms with Crippen LogP contribution in [0.2, 0.25) is 0 Å². The number of rotatable bonds is 4. The van der Waals surface area contributed by atoms with Crippen LogP contribution in [-0.4, -0.2) is 17.0 Å². The molecule has 0 saturated carbocycles. The second-order valence-corrected chi connectivity index (χ2v) is 6.04. The molecular formula is C18H17BrN4. The van der Waals surface area contributed by atoms with Crippen molar-refractivity contribution in [1.82, 2.24) is 9.97 Å². The molecule has 0 aliphatic rings. The lowest BCUT2D eigenvalue weighted by Crippen LogP contribution is -2.13. The maximum atomic E-state index is 4.63. The molecular weight excluding hydrogens is 352 g/mol. The van der Waals surface area contributed by atoms with E-state index in [2.05, 4.69) is 43.3 Å². The van der Waals surface area contributed by atoms with Crippen molar-refractivity contribution in [3.8, 4) is 0 Å². The molecule has 1 heterocycles. The minimum Gasteiger partial charge on any atom is -0.329 e. The van der Waals surface area contributed by atoms with Gasteiger partial charge in [0.1, 0.15) is 5.82 Å². The van der Waals surface area contributed by atoms with Crippen molar-refractivity contribution in [1.29, 1.82) is 0 Å². The molecule has 116 valence electrons. The number of nitrogens with zero attached hydrogens (tertiary/aromatic N) is 3. The van der Waals surface area contributed by atoms with Crippen LogP contribution in [0, 0.1) is 6.92 Å². The Hall–Kier alpha value is -2.40.